The minimum Gasteiger partial charge on any atom is -0.452 e. The molecular weight excluding hydrogens is 384 g/mol. The summed E-state index contributed by atoms with van der Waals surface area (Å²) in [4.78, 5) is 23.5. The van der Waals surface area contributed by atoms with Crippen LogP contribution in [0.1, 0.15) is 15.9 Å². The van der Waals surface area contributed by atoms with E-state index in [1.165, 1.54) is 12.1 Å². The van der Waals surface area contributed by atoms with Crippen molar-refractivity contribution in [2.45, 2.75) is 0 Å². The lowest BCUT2D eigenvalue weighted by atomic mass is 10.2. The summed E-state index contributed by atoms with van der Waals surface area (Å²) in [6, 6.07) is 13.0. The number of nitriles is 1. The molecule has 0 aliphatic carbocycles. The van der Waals surface area contributed by atoms with E-state index < -0.39 is 18.5 Å². The van der Waals surface area contributed by atoms with Gasteiger partial charge in [0.2, 0.25) is 0 Å². The molecule has 0 fully saturated rings. The van der Waals surface area contributed by atoms with E-state index in [-0.39, 0.29) is 5.02 Å². The van der Waals surface area contributed by atoms with Gasteiger partial charge in [0.25, 0.3) is 5.91 Å². The smallest absolute Gasteiger partial charge is 0.338 e. The highest BCUT2D eigenvalue weighted by Gasteiger charge is 2.11. The van der Waals surface area contributed by atoms with Crippen molar-refractivity contribution in [3.05, 3.63) is 63.1 Å². The average Bonchev–Trinajstić information content (AvgIpc) is 2.53. The average molecular weight is 394 g/mol. The summed E-state index contributed by atoms with van der Waals surface area (Å²) < 4.78 is 5.76. The Kier molecular flexibility index (Phi) is 5.74. The number of nitrogens with zero attached hydrogens (tertiary/aromatic N) is 1. The molecule has 0 unspecified atom stereocenters. The van der Waals surface area contributed by atoms with Gasteiger partial charge in [-0.1, -0.05) is 27.5 Å². The summed E-state index contributed by atoms with van der Waals surface area (Å²) in [7, 11) is 0. The molecule has 116 valence electrons. The van der Waals surface area contributed by atoms with Crippen molar-refractivity contribution in [2.75, 3.05) is 11.9 Å². The zero-order chi connectivity index (χ0) is 16.8. The van der Waals surface area contributed by atoms with Crippen molar-refractivity contribution in [1.29, 1.82) is 5.26 Å². The summed E-state index contributed by atoms with van der Waals surface area (Å²) in [5.41, 5.74) is 1.08. The van der Waals surface area contributed by atoms with Gasteiger partial charge in [-0.2, -0.15) is 5.26 Å². The second-order valence-corrected chi connectivity index (χ2v) is 5.76. The molecular formula is C16H10BrClN2O3. The Morgan fingerprint density at radius 2 is 1.91 bits per heavy atom. The van der Waals surface area contributed by atoms with Gasteiger partial charge in [0, 0.05) is 10.2 Å². The summed E-state index contributed by atoms with van der Waals surface area (Å²) >= 11 is 9.13. The standard InChI is InChI=1S/C16H10BrClN2O3/c17-12-4-1-10(2-5-12)16(22)23-9-15(21)20-13-6-3-11(8-19)14(18)7-13/h1-7H,9H2,(H,20,21). The first kappa shape index (κ1) is 17.0. The third kappa shape index (κ3) is 4.81. The third-order valence-corrected chi connectivity index (χ3v) is 3.63. The SMILES string of the molecule is N#Cc1ccc(NC(=O)COC(=O)c2ccc(Br)cc2)cc1Cl. The largest absolute Gasteiger partial charge is 0.452 e. The molecule has 0 saturated carbocycles. The molecule has 1 amide bonds. The zero-order valence-electron chi connectivity index (χ0n) is 11.7. The van der Waals surface area contributed by atoms with Crippen molar-refractivity contribution in [3.63, 3.8) is 0 Å². The molecule has 5 nitrogen and oxygen atoms in total. The van der Waals surface area contributed by atoms with Crippen LogP contribution in [0.4, 0.5) is 5.69 Å². The highest BCUT2D eigenvalue weighted by atomic mass is 79.9. The minimum atomic E-state index is -0.592. The van der Waals surface area contributed by atoms with Crippen molar-refractivity contribution in [3.8, 4) is 6.07 Å². The van der Waals surface area contributed by atoms with Crippen molar-refractivity contribution < 1.29 is 14.3 Å². The van der Waals surface area contributed by atoms with Crippen LogP contribution in [0.2, 0.25) is 5.02 Å². The maximum absolute atomic E-state index is 11.8. The van der Waals surface area contributed by atoms with E-state index >= 15 is 0 Å². The number of hydrogen-bond donors (Lipinski definition) is 1. The lowest BCUT2D eigenvalue weighted by Gasteiger charge is -2.07. The van der Waals surface area contributed by atoms with Crippen molar-refractivity contribution in [2.24, 2.45) is 0 Å². The van der Waals surface area contributed by atoms with Gasteiger partial charge >= 0.3 is 5.97 Å². The first-order valence-corrected chi connectivity index (χ1v) is 7.59. The molecule has 0 aliphatic rings. The zero-order valence-corrected chi connectivity index (χ0v) is 14.0. The predicted octanol–water partition coefficient (Wildman–Crippen LogP) is 3.77. The monoisotopic (exact) mass is 392 g/mol. The molecule has 0 aliphatic heterocycles. The highest BCUT2D eigenvalue weighted by molar-refractivity contribution is 9.10. The number of carbonyl (C=O) groups is 2. The van der Waals surface area contributed by atoms with Crippen LogP contribution in [-0.4, -0.2) is 18.5 Å². The number of ether oxygens (including phenoxy) is 1. The number of carbonyl (C=O) groups excluding carboxylic acids is 2. The van der Waals surface area contributed by atoms with Gasteiger partial charge in [0.05, 0.1) is 16.1 Å². The fourth-order valence-corrected chi connectivity index (χ4v) is 2.17. The molecule has 23 heavy (non-hydrogen) atoms. The molecule has 0 heterocycles. The Morgan fingerprint density at radius 1 is 1.22 bits per heavy atom. The van der Waals surface area contributed by atoms with Crippen LogP contribution < -0.4 is 5.32 Å². The lowest BCUT2D eigenvalue weighted by Crippen LogP contribution is -2.20. The van der Waals surface area contributed by atoms with Crippen LogP contribution in [0.25, 0.3) is 0 Å². The van der Waals surface area contributed by atoms with Gasteiger partial charge in [0.1, 0.15) is 6.07 Å². The second-order valence-electron chi connectivity index (χ2n) is 4.44. The number of benzene rings is 2. The molecule has 2 aromatic carbocycles. The molecule has 2 aromatic rings. The molecule has 0 bridgehead atoms. The Bertz CT molecular complexity index is 785. The van der Waals surface area contributed by atoms with E-state index in [1.54, 1.807) is 30.3 Å². The van der Waals surface area contributed by atoms with Gasteiger partial charge in [-0.05, 0) is 42.5 Å². The van der Waals surface area contributed by atoms with Crippen molar-refractivity contribution >= 4 is 45.1 Å². The molecule has 7 heteroatoms. The number of hydrogen-bond acceptors (Lipinski definition) is 4. The van der Waals surface area contributed by atoms with Gasteiger partial charge in [-0.3, -0.25) is 4.79 Å². The van der Waals surface area contributed by atoms with Crippen LogP contribution in [0.5, 0.6) is 0 Å². The fraction of sp³-hybridized carbons (Fsp3) is 0.0625. The molecule has 0 saturated heterocycles. The van der Waals surface area contributed by atoms with E-state index in [4.69, 9.17) is 21.6 Å². The number of halogens is 2. The number of amides is 1. The van der Waals surface area contributed by atoms with Crippen molar-refractivity contribution in [1.82, 2.24) is 0 Å². The quantitative estimate of drug-likeness (QED) is 0.802. The Hall–Kier alpha value is -2.36. The van der Waals surface area contributed by atoms with Crippen LogP contribution >= 0.6 is 27.5 Å². The van der Waals surface area contributed by atoms with E-state index in [1.807, 2.05) is 6.07 Å². The number of rotatable bonds is 4. The summed E-state index contributed by atoms with van der Waals surface area (Å²) in [5, 5.41) is 11.5. The Labute approximate surface area is 145 Å². The van der Waals surface area contributed by atoms with Crippen LogP contribution in [0.3, 0.4) is 0 Å². The third-order valence-electron chi connectivity index (χ3n) is 2.79. The lowest BCUT2D eigenvalue weighted by molar-refractivity contribution is -0.119. The van der Waals surface area contributed by atoms with Crippen LogP contribution in [0, 0.1) is 11.3 Å². The molecule has 2 rings (SSSR count). The van der Waals surface area contributed by atoms with Crippen LogP contribution in [-0.2, 0) is 9.53 Å². The first-order chi connectivity index (χ1) is 11.0. The normalized spacial score (nSPS) is 9.78. The molecule has 0 aromatic heterocycles. The Balaban J connectivity index is 1.90. The topological polar surface area (TPSA) is 79.2 Å². The molecule has 0 radical (unpaired) electrons. The summed E-state index contributed by atoms with van der Waals surface area (Å²) in [6.45, 7) is -0.424. The maximum atomic E-state index is 11.8. The minimum absolute atomic E-state index is 0.233. The van der Waals surface area contributed by atoms with Gasteiger partial charge < -0.3 is 10.1 Å². The number of nitrogens with one attached hydrogen (secondary N) is 1. The molecule has 1 N–H and O–H groups in total. The second kappa shape index (κ2) is 7.77. The number of esters is 1. The van der Waals surface area contributed by atoms with E-state index in [0.717, 1.165) is 4.47 Å². The first-order valence-electron chi connectivity index (χ1n) is 6.42. The molecule has 0 atom stereocenters. The van der Waals surface area contributed by atoms with E-state index in [2.05, 4.69) is 21.2 Å². The Morgan fingerprint density at radius 3 is 2.52 bits per heavy atom. The summed E-state index contributed by atoms with van der Waals surface area (Å²) in [5.74, 6) is -1.10. The van der Waals surface area contributed by atoms with Gasteiger partial charge in [-0.25, -0.2) is 4.79 Å². The maximum Gasteiger partial charge on any atom is 0.338 e. The van der Waals surface area contributed by atoms with Gasteiger partial charge in [-0.15, -0.1) is 0 Å². The predicted molar refractivity (Wildman–Crippen MR) is 89.2 cm³/mol. The molecule has 0 spiro atoms. The summed E-state index contributed by atoms with van der Waals surface area (Å²) in [6.07, 6.45) is 0. The highest BCUT2D eigenvalue weighted by Crippen LogP contribution is 2.20. The van der Waals surface area contributed by atoms with Gasteiger partial charge in [0.15, 0.2) is 6.61 Å². The number of anilines is 1. The van der Waals surface area contributed by atoms with E-state index in [0.29, 0.717) is 16.8 Å². The van der Waals surface area contributed by atoms with E-state index in [9.17, 15) is 9.59 Å². The fourth-order valence-electron chi connectivity index (χ4n) is 1.68. The van der Waals surface area contributed by atoms with Crippen LogP contribution in [0.15, 0.2) is 46.9 Å².